The lowest BCUT2D eigenvalue weighted by Crippen LogP contribution is -2.53. The van der Waals surface area contributed by atoms with Crippen molar-refractivity contribution < 1.29 is 39.9 Å². The summed E-state index contributed by atoms with van der Waals surface area (Å²) < 4.78 is 104. The summed E-state index contributed by atoms with van der Waals surface area (Å²) in [6.45, 7) is 0.467. The molecule has 3 rings (SSSR count). The van der Waals surface area contributed by atoms with Crippen LogP contribution in [0.3, 0.4) is 0 Å². The number of sulfone groups is 1. The molecule has 0 radical (unpaired) electrons. The summed E-state index contributed by atoms with van der Waals surface area (Å²) in [4.78, 5) is 1.87. The molecule has 1 N–H and O–H groups in total. The quantitative estimate of drug-likeness (QED) is 0.536. The monoisotopic (exact) mass is 545 g/mol. The van der Waals surface area contributed by atoms with Crippen LogP contribution in [-0.4, -0.2) is 44.2 Å². The van der Waals surface area contributed by atoms with Gasteiger partial charge in [0.2, 0.25) is 0 Å². The van der Waals surface area contributed by atoms with Gasteiger partial charge >= 0.3 is 12.4 Å². The van der Waals surface area contributed by atoms with Gasteiger partial charge in [0, 0.05) is 23.1 Å². The third-order valence-electron chi connectivity index (χ3n) is 5.48. The predicted molar refractivity (Wildman–Crippen MR) is 109 cm³/mol. The van der Waals surface area contributed by atoms with Gasteiger partial charge in [0.15, 0.2) is 9.84 Å². The van der Waals surface area contributed by atoms with Gasteiger partial charge in [-0.1, -0.05) is 24.3 Å². The highest BCUT2D eigenvalue weighted by atomic mass is 79.9. The van der Waals surface area contributed by atoms with Gasteiger partial charge in [0.1, 0.15) is 0 Å². The number of anilines is 1. The maximum Gasteiger partial charge on any atom is 0.430 e. The summed E-state index contributed by atoms with van der Waals surface area (Å²) in [6.07, 6.45) is -11.5. The molecule has 1 saturated heterocycles. The predicted octanol–water partition coefficient (Wildman–Crippen LogP) is 5.20. The third-order valence-corrected chi connectivity index (χ3v) is 8.39. The number of hydrogen-bond donors (Lipinski definition) is 1. The number of aliphatic hydroxyl groups is 1. The molecule has 4 nitrogen and oxygen atoms in total. The van der Waals surface area contributed by atoms with Gasteiger partial charge in [-0.05, 0) is 53.0 Å². The molecule has 32 heavy (non-hydrogen) atoms. The number of alkyl halides is 6. The topological polar surface area (TPSA) is 57.6 Å². The molecule has 2 aromatic carbocycles. The SMILES string of the molecule is O=S(=O)(c1ccccc1)C1CCN(c2ccc(C(O)(C(F)(F)F)C(F)(F)F)cc2Br)CC1. The van der Waals surface area contributed by atoms with Crippen molar-refractivity contribution in [2.24, 2.45) is 0 Å². The first kappa shape index (κ1) is 24.8. The molecule has 1 fully saturated rings. The average molecular weight is 546 g/mol. The molecule has 1 heterocycles. The second kappa shape index (κ2) is 8.53. The Labute approximate surface area is 188 Å². The molecule has 1 aliphatic rings. The molecule has 0 unspecified atom stereocenters. The van der Waals surface area contributed by atoms with Gasteiger partial charge < -0.3 is 10.0 Å². The van der Waals surface area contributed by atoms with Crippen molar-refractivity contribution >= 4 is 31.5 Å². The van der Waals surface area contributed by atoms with Crippen molar-refractivity contribution in [1.29, 1.82) is 0 Å². The molecule has 0 aliphatic carbocycles. The third kappa shape index (κ3) is 4.36. The van der Waals surface area contributed by atoms with Crippen molar-refractivity contribution in [3.05, 3.63) is 58.6 Å². The van der Waals surface area contributed by atoms with Crippen LogP contribution in [0.1, 0.15) is 18.4 Å². The number of rotatable bonds is 4. The molecule has 0 atom stereocenters. The fraction of sp³-hybridized carbons (Fsp3) is 0.400. The molecule has 176 valence electrons. The van der Waals surface area contributed by atoms with Crippen LogP contribution in [0.25, 0.3) is 0 Å². The number of benzene rings is 2. The summed E-state index contributed by atoms with van der Waals surface area (Å²) in [7, 11) is -3.56. The number of piperidine rings is 1. The number of hydrogen-bond acceptors (Lipinski definition) is 4. The molecule has 0 bridgehead atoms. The van der Waals surface area contributed by atoms with E-state index in [2.05, 4.69) is 15.9 Å². The fourth-order valence-electron chi connectivity index (χ4n) is 3.69. The standard InChI is InChI=1S/C20H18BrF6NO3S/c21-16-12-13(18(29,19(22,23)24)20(25,26)27)6-7-17(16)28-10-8-15(9-11-28)32(30,31)14-4-2-1-3-5-14/h1-7,12,15,29H,8-11H2. The number of nitrogens with zero attached hydrogens (tertiary/aromatic N) is 1. The molecular weight excluding hydrogens is 528 g/mol. The summed E-state index contributed by atoms with van der Waals surface area (Å²) in [5.41, 5.74) is -6.08. The minimum atomic E-state index is -5.98. The summed E-state index contributed by atoms with van der Waals surface area (Å²) >= 11 is 2.99. The lowest BCUT2D eigenvalue weighted by molar-refractivity contribution is -0.376. The van der Waals surface area contributed by atoms with Crippen LogP contribution >= 0.6 is 15.9 Å². The molecule has 0 amide bonds. The van der Waals surface area contributed by atoms with Gasteiger partial charge in [0.05, 0.1) is 15.8 Å². The zero-order valence-corrected chi connectivity index (χ0v) is 18.7. The van der Waals surface area contributed by atoms with Gasteiger partial charge in [-0.2, -0.15) is 26.3 Å². The second-order valence-corrected chi connectivity index (χ2v) is 10.5. The highest BCUT2D eigenvalue weighted by Gasteiger charge is 2.71. The van der Waals surface area contributed by atoms with Gasteiger partial charge in [-0.3, -0.25) is 0 Å². The van der Waals surface area contributed by atoms with E-state index in [4.69, 9.17) is 0 Å². The van der Waals surface area contributed by atoms with Crippen LogP contribution in [0, 0.1) is 0 Å². The van der Waals surface area contributed by atoms with E-state index in [0.717, 1.165) is 6.07 Å². The van der Waals surface area contributed by atoms with Gasteiger partial charge in [-0.15, -0.1) is 0 Å². The lowest BCUT2D eigenvalue weighted by atomic mass is 9.92. The zero-order valence-electron chi connectivity index (χ0n) is 16.3. The molecule has 0 aromatic heterocycles. The first-order valence-electron chi connectivity index (χ1n) is 9.39. The first-order valence-corrected chi connectivity index (χ1v) is 11.7. The Kier molecular flexibility index (Phi) is 6.62. The van der Waals surface area contributed by atoms with Crippen LogP contribution in [-0.2, 0) is 15.4 Å². The van der Waals surface area contributed by atoms with Crippen molar-refractivity contribution in [1.82, 2.24) is 0 Å². The lowest BCUT2D eigenvalue weighted by Gasteiger charge is -2.35. The van der Waals surface area contributed by atoms with Crippen LogP contribution < -0.4 is 4.90 Å². The minimum absolute atomic E-state index is 0.0775. The first-order chi connectivity index (χ1) is 14.7. The Morgan fingerprint density at radius 2 is 1.44 bits per heavy atom. The number of halogens is 7. The van der Waals surface area contributed by atoms with E-state index in [1.807, 2.05) is 0 Å². The van der Waals surface area contributed by atoms with E-state index < -0.39 is 38.6 Å². The Hall–Kier alpha value is -1.79. The minimum Gasteiger partial charge on any atom is -0.371 e. The van der Waals surface area contributed by atoms with E-state index in [9.17, 15) is 39.9 Å². The van der Waals surface area contributed by atoms with Gasteiger partial charge in [0.25, 0.3) is 5.60 Å². The molecule has 0 spiro atoms. The van der Waals surface area contributed by atoms with E-state index in [1.165, 1.54) is 12.1 Å². The van der Waals surface area contributed by atoms with Crippen molar-refractivity contribution in [2.45, 2.75) is 40.9 Å². The largest absolute Gasteiger partial charge is 0.430 e. The van der Waals surface area contributed by atoms with E-state index in [0.29, 0.717) is 17.8 Å². The smallest absolute Gasteiger partial charge is 0.371 e. The second-order valence-electron chi connectivity index (χ2n) is 7.42. The normalized spacial score (nSPS) is 16.9. The van der Waals surface area contributed by atoms with Crippen molar-refractivity contribution in [3.63, 3.8) is 0 Å². The van der Waals surface area contributed by atoms with Gasteiger partial charge in [-0.25, -0.2) is 8.42 Å². The van der Waals surface area contributed by atoms with Crippen LogP contribution in [0.2, 0.25) is 0 Å². The van der Waals surface area contributed by atoms with Crippen LogP contribution in [0.15, 0.2) is 57.9 Å². The molecule has 0 saturated carbocycles. The molecule has 2 aromatic rings. The Morgan fingerprint density at radius 1 is 0.906 bits per heavy atom. The molecule has 1 aliphatic heterocycles. The Balaban J connectivity index is 1.82. The summed E-state index contributed by atoms with van der Waals surface area (Å²) in [6, 6.07) is 10.1. The highest BCUT2D eigenvalue weighted by Crippen LogP contribution is 2.51. The summed E-state index contributed by atoms with van der Waals surface area (Å²) in [5.74, 6) is 0. The fourth-order valence-corrected chi connectivity index (χ4v) is 6.07. The Morgan fingerprint density at radius 3 is 1.91 bits per heavy atom. The summed E-state index contributed by atoms with van der Waals surface area (Å²) in [5, 5.41) is 8.91. The van der Waals surface area contributed by atoms with E-state index >= 15 is 0 Å². The van der Waals surface area contributed by atoms with Crippen molar-refractivity contribution in [3.8, 4) is 0 Å². The molecule has 12 heteroatoms. The maximum absolute atomic E-state index is 13.1. The Bertz CT molecular complexity index is 1050. The highest BCUT2D eigenvalue weighted by molar-refractivity contribution is 9.10. The van der Waals surface area contributed by atoms with Crippen LogP contribution in [0.4, 0.5) is 32.0 Å². The van der Waals surface area contributed by atoms with E-state index in [1.54, 1.807) is 23.1 Å². The maximum atomic E-state index is 13.1. The molecular formula is C20H18BrF6NO3S. The van der Waals surface area contributed by atoms with Crippen molar-refractivity contribution in [2.75, 3.05) is 18.0 Å². The zero-order chi connectivity index (χ0) is 23.9. The average Bonchev–Trinajstić information content (AvgIpc) is 2.72. The van der Waals surface area contributed by atoms with Crippen LogP contribution in [0.5, 0.6) is 0 Å². The van der Waals surface area contributed by atoms with E-state index in [-0.39, 0.29) is 35.3 Å².